The van der Waals surface area contributed by atoms with E-state index in [-0.39, 0.29) is 0 Å². The smallest absolute Gasteiger partial charge is 0.119 e. The fourth-order valence-electron chi connectivity index (χ4n) is 3.15. The summed E-state index contributed by atoms with van der Waals surface area (Å²) in [5.41, 5.74) is 2.78. The lowest BCUT2D eigenvalue weighted by atomic mass is 9.83. The van der Waals surface area contributed by atoms with Gasteiger partial charge < -0.3 is 14.6 Å². The summed E-state index contributed by atoms with van der Waals surface area (Å²) >= 11 is 0. The number of methoxy groups -OCH3 is 1. The van der Waals surface area contributed by atoms with Gasteiger partial charge >= 0.3 is 0 Å². The molecule has 0 bridgehead atoms. The molecular weight excluding hydrogens is 250 g/mol. The van der Waals surface area contributed by atoms with Gasteiger partial charge in [-0.25, -0.2) is 4.98 Å². The van der Waals surface area contributed by atoms with Crippen LogP contribution in [-0.2, 0) is 6.42 Å². The Balaban J connectivity index is 2.00. The second-order valence-corrected chi connectivity index (χ2v) is 5.22. The normalized spacial score (nSPS) is 21.5. The Morgan fingerprint density at radius 1 is 1.45 bits per heavy atom. The van der Waals surface area contributed by atoms with Gasteiger partial charge in [0.25, 0.3) is 0 Å². The summed E-state index contributed by atoms with van der Waals surface area (Å²) < 4.78 is 7.60. The summed E-state index contributed by atoms with van der Waals surface area (Å²) in [5, 5.41) is 3.63. The number of nitrogens with one attached hydrogen (secondary N) is 1. The Labute approximate surface area is 119 Å². The van der Waals surface area contributed by atoms with Gasteiger partial charge in [0.15, 0.2) is 0 Å². The zero-order valence-corrected chi connectivity index (χ0v) is 12.0. The Kier molecular flexibility index (Phi) is 3.74. The van der Waals surface area contributed by atoms with Crippen LogP contribution in [0.15, 0.2) is 36.9 Å². The molecule has 0 saturated carbocycles. The van der Waals surface area contributed by atoms with E-state index in [0.717, 1.165) is 25.1 Å². The van der Waals surface area contributed by atoms with E-state index in [4.69, 9.17) is 4.74 Å². The Morgan fingerprint density at radius 2 is 2.35 bits per heavy atom. The molecule has 1 aliphatic carbocycles. The molecule has 2 unspecified atom stereocenters. The minimum Gasteiger partial charge on any atom is -0.497 e. The molecule has 2 atom stereocenters. The van der Waals surface area contributed by atoms with Crippen LogP contribution in [0.1, 0.15) is 36.6 Å². The van der Waals surface area contributed by atoms with Crippen molar-refractivity contribution in [2.45, 2.75) is 31.8 Å². The number of fused-ring (bicyclic) bond motifs is 1. The molecule has 20 heavy (non-hydrogen) atoms. The number of rotatable bonds is 4. The van der Waals surface area contributed by atoms with E-state index in [1.54, 1.807) is 7.11 Å². The second kappa shape index (κ2) is 5.67. The van der Waals surface area contributed by atoms with Crippen molar-refractivity contribution in [3.05, 3.63) is 48.0 Å². The molecule has 1 N–H and O–H groups in total. The number of ether oxygens (including phenoxy) is 1. The van der Waals surface area contributed by atoms with Crippen LogP contribution in [-0.4, -0.2) is 23.2 Å². The quantitative estimate of drug-likeness (QED) is 0.929. The summed E-state index contributed by atoms with van der Waals surface area (Å²) in [6, 6.07) is 7.15. The number of imidazole rings is 1. The first kappa shape index (κ1) is 13.2. The van der Waals surface area contributed by atoms with E-state index < -0.39 is 0 Å². The first-order valence-corrected chi connectivity index (χ1v) is 7.21. The maximum atomic E-state index is 5.39. The SMILES string of the molecule is CCNC1c2cc(OC)ccc2CCC1n1ccnc1. The van der Waals surface area contributed by atoms with Crippen LogP contribution in [0, 0.1) is 0 Å². The van der Waals surface area contributed by atoms with Crippen molar-refractivity contribution < 1.29 is 4.74 Å². The van der Waals surface area contributed by atoms with Crippen molar-refractivity contribution >= 4 is 0 Å². The molecule has 106 valence electrons. The number of hydrogen-bond donors (Lipinski definition) is 1. The molecule has 1 aromatic heterocycles. The summed E-state index contributed by atoms with van der Waals surface area (Å²) in [5.74, 6) is 0.929. The molecule has 2 aromatic rings. The van der Waals surface area contributed by atoms with Gasteiger partial charge in [-0.3, -0.25) is 0 Å². The van der Waals surface area contributed by atoms with Crippen LogP contribution in [0.3, 0.4) is 0 Å². The Hall–Kier alpha value is -1.81. The molecule has 1 aliphatic rings. The standard InChI is InChI=1S/C16H21N3O/c1-3-18-16-14-10-13(20-2)6-4-12(14)5-7-15(16)19-9-8-17-11-19/h4,6,8-11,15-16,18H,3,5,7H2,1-2H3. The maximum absolute atomic E-state index is 5.39. The molecule has 4 heteroatoms. The van der Waals surface area contributed by atoms with Gasteiger partial charge in [-0.2, -0.15) is 0 Å². The number of hydrogen-bond acceptors (Lipinski definition) is 3. The topological polar surface area (TPSA) is 39.1 Å². The number of nitrogens with zero attached hydrogens (tertiary/aromatic N) is 2. The Morgan fingerprint density at radius 3 is 3.05 bits per heavy atom. The summed E-state index contributed by atoms with van der Waals surface area (Å²) in [6.07, 6.45) is 8.06. The zero-order chi connectivity index (χ0) is 13.9. The molecule has 0 saturated heterocycles. The van der Waals surface area contributed by atoms with E-state index in [1.807, 2.05) is 12.5 Å². The van der Waals surface area contributed by atoms with Crippen molar-refractivity contribution in [1.82, 2.24) is 14.9 Å². The summed E-state index contributed by atoms with van der Waals surface area (Å²) in [4.78, 5) is 4.19. The van der Waals surface area contributed by atoms with E-state index in [9.17, 15) is 0 Å². The van der Waals surface area contributed by atoms with Crippen LogP contribution in [0.25, 0.3) is 0 Å². The molecule has 3 rings (SSSR count). The first-order valence-electron chi connectivity index (χ1n) is 7.21. The van der Waals surface area contributed by atoms with Gasteiger partial charge in [-0.1, -0.05) is 13.0 Å². The van der Waals surface area contributed by atoms with Gasteiger partial charge in [0, 0.05) is 12.4 Å². The third-order valence-electron chi connectivity index (χ3n) is 4.11. The van der Waals surface area contributed by atoms with Gasteiger partial charge in [0.05, 0.1) is 25.5 Å². The molecule has 0 amide bonds. The molecule has 4 nitrogen and oxygen atoms in total. The largest absolute Gasteiger partial charge is 0.497 e. The lowest BCUT2D eigenvalue weighted by molar-refractivity contribution is 0.320. The number of aryl methyl sites for hydroxylation is 1. The number of aromatic nitrogens is 2. The van der Waals surface area contributed by atoms with E-state index in [1.165, 1.54) is 11.1 Å². The summed E-state index contributed by atoms with van der Waals surface area (Å²) in [7, 11) is 1.72. The van der Waals surface area contributed by atoms with E-state index in [2.05, 4.69) is 46.2 Å². The average Bonchev–Trinajstić information content (AvgIpc) is 3.01. The van der Waals surface area contributed by atoms with Crippen molar-refractivity contribution in [3.63, 3.8) is 0 Å². The van der Waals surface area contributed by atoms with Crippen molar-refractivity contribution in [2.24, 2.45) is 0 Å². The highest BCUT2D eigenvalue weighted by molar-refractivity contribution is 5.40. The van der Waals surface area contributed by atoms with E-state index in [0.29, 0.717) is 12.1 Å². The highest BCUT2D eigenvalue weighted by Crippen LogP contribution is 2.39. The first-order chi connectivity index (χ1) is 9.83. The molecule has 1 heterocycles. The van der Waals surface area contributed by atoms with Crippen molar-refractivity contribution in [1.29, 1.82) is 0 Å². The predicted molar refractivity (Wildman–Crippen MR) is 79.0 cm³/mol. The van der Waals surface area contributed by atoms with Crippen LogP contribution < -0.4 is 10.1 Å². The lowest BCUT2D eigenvalue weighted by Gasteiger charge is -2.35. The van der Waals surface area contributed by atoms with E-state index >= 15 is 0 Å². The number of likely N-dealkylation sites (N-methyl/N-ethyl adjacent to an activating group) is 1. The third kappa shape index (κ3) is 2.31. The molecule has 0 spiro atoms. The number of benzene rings is 1. The second-order valence-electron chi connectivity index (χ2n) is 5.22. The molecule has 0 aliphatic heterocycles. The van der Waals surface area contributed by atoms with Gasteiger partial charge in [-0.15, -0.1) is 0 Å². The molecule has 1 aromatic carbocycles. The van der Waals surface area contributed by atoms with Gasteiger partial charge in [0.1, 0.15) is 5.75 Å². The maximum Gasteiger partial charge on any atom is 0.119 e. The van der Waals surface area contributed by atoms with Crippen molar-refractivity contribution in [2.75, 3.05) is 13.7 Å². The zero-order valence-electron chi connectivity index (χ0n) is 12.0. The fourth-order valence-corrected chi connectivity index (χ4v) is 3.15. The summed E-state index contributed by atoms with van der Waals surface area (Å²) in [6.45, 7) is 3.10. The molecule has 0 radical (unpaired) electrons. The average molecular weight is 271 g/mol. The van der Waals surface area contributed by atoms with Crippen molar-refractivity contribution in [3.8, 4) is 5.75 Å². The van der Waals surface area contributed by atoms with Crippen LogP contribution >= 0.6 is 0 Å². The lowest BCUT2D eigenvalue weighted by Crippen LogP contribution is -2.33. The van der Waals surface area contributed by atoms with Crippen LogP contribution in [0.4, 0.5) is 0 Å². The molecule has 0 fully saturated rings. The highest BCUT2D eigenvalue weighted by atomic mass is 16.5. The third-order valence-corrected chi connectivity index (χ3v) is 4.11. The predicted octanol–water partition coefficient (Wildman–Crippen LogP) is 2.73. The van der Waals surface area contributed by atoms with Crippen LogP contribution in [0.2, 0.25) is 0 Å². The van der Waals surface area contributed by atoms with Crippen LogP contribution in [0.5, 0.6) is 5.75 Å². The Bertz CT molecular complexity index is 565. The monoisotopic (exact) mass is 271 g/mol. The fraction of sp³-hybridized carbons (Fsp3) is 0.438. The molecular formula is C16H21N3O. The van der Waals surface area contributed by atoms with Gasteiger partial charge in [0.2, 0.25) is 0 Å². The minimum atomic E-state index is 0.313. The highest BCUT2D eigenvalue weighted by Gasteiger charge is 2.30. The minimum absolute atomic E-state index is 0.313. The van der Waals surface area contributed by atoms with Gasteiger partial charge in [-0.05, 0) is 42.6 Å².